The van der Waals surface area contributed by atoms with Crippen LogP contribution in [-0.4, -0.2) is 26.4 Å². The number of hydrogen-bond acceptors (Lipinski definition) is 4. The number of aryl methyl sites for hydroxylation is 1. The van der Waals surface area contributed by atoms with Crippen LogP contribution < -0.4 is 5.32 Å². The molecule has 0 aliphatic rings. The predicted molar refractivity (Wildman–Crippen MR) is 111 cm³/mol. The van der Waals surface area contributed by atoms with Crippen LogP contribution in [-0.2, 0) is 11.3 Å². The van der Waals surface area contributed by atoms with Crippen LogP contribution in [0.2, 0.25) is 5.02 Å². The molecule has 1 aromatic heterocycles. The standard InChI is InChI=1S/C20H18ClFN4OS/c1-3-10-26-19(14-4-7-16(22)8-5-14)24-25-20(26)28-12-18(27)23-17-9-6-15(21)11-13(17)2/h3-9,11H,1,10,12H2,2H3,(H,23,27). The summed E-state index contributed by atoms with van der Waals surface area (Å²) in [6.07, 6.45) is 1.72. The van der Waals surface area contributed by atoms with E-state index in [4.69, 9.17) is 11.6 Å². The van der Waals surface area contributed by atoms with Gasteiger partial charge in [0.15, 0.2) is 11.0 Å². The lowest BCUT2D eigenvalue weighted by atomic mass is 10.2. The third-order valence-corrected chi connectivity index (χ3v) is 5.13. The Kier molecular flexibility index (Phi) is 6.49. The smallest absolute Gasteiger partial charge is 0.234 e. The first-order valence-corrected chi connectivity index (χ1v) is 9.83. The Bertz CT molecular complexity index is 1000. The molecule has 3 rings (SSSR count). The van der Waals surface area contributed by atoms with Crippen molar-refractivity contribution in [3.8, 4) is 11.4 Å². The molecular weight excluding hydrogens is 399 g/mol. The molecule has 0 bridgehead atoms. The van der Waals surface area contributed by atoms with Gasteiger partial charge >= 0.3 is 0 Å². The highest BCUT2D eigenvalue weighted by atomic mass is 35.5. The summed E-state index contributed by atoms with van der Waals surface area (Å²) >= 11 is 7.21. The number of nitrogens with zero attached hydrogens (tertiary/aromatic N) is 3. The molecule has 0 unspecified atom stereocenters. The van der Waals surface area contributed by atoms with E-state index in [2.05, 4.69) is 22.1 Å². The van der Waals surface area contributed by atoms with Crippen LogP contribution in [0.1, 0.15) is 5.56 Å². The minimum atomic E-state index is -0.317. The van der Waals surface area contributed by atoms with Crippen molar-refractivity contribution in [2.45, 2.75) is 18.6 Å². The summed E-state index contributed by atoms with van der Waals surface area (Å²) in [6.45, 7) is 6.11. The van der Waals surface area contributed by atoms with Crippen LogP contribution in [0.25, 0.3) is 11.4 Å². The molecule has 1 N–H and O–H groups in total. The van der Waals surface area contributed by atoms with E-state index in [0.29, 0.717) is 22.5 Å². The number of hydrogen-bond donors (Lipinski definition) is 1. The van der Waals surface area contributed by atoms with Crippen molar-refractivity contribution in [1.29, 1.82) is 0 Å². The number of rotatable bonds is 7. The Morgan fingerprint density at radius 3 is 2.71 bits per heavy atom. The first kappa shape index (κ1) is 20.1. The number of carbonyl (C=O) groups is 1. The fourth-order valence-corrected chi connectivity index (χ4v) is 3.56. The zero-order chi connectivity index (χ0) is 20.1. The molecule has 0 saturated carbocycles. The Hall–Kier alpha value is -2.64. The number of benzene rings is 2. The minimum absolute atomic E-state index is 0.160. The molecule has 2 aromatic carbocycles. The highest BCUT2D eigenvalue weighted by Crippen LogP contribution is 2.25. The molecule has 8 heteroatoms. The molecule has 0 spiro atoms. The second-order valence-corrected chi connectivity index (χ2v) is 7.39. The summed E-state index contributed by atoms with van der Waals surface area (Å²) in [5.41, 5.74) is 2.35. The maximum Gasteiger partial charge on any atom is 0.234 e. The lowest BCUT2D eigenvalue weighted by molar-refractivity contribution is -0.113. The molecule has 3 aromatic rings. The van der Waals surface area contributed by atoms with Crippen LogP contribution >= 0.6 is 23.4 Å². The zero-order valence-electron chi connectivity index (χ0n) is 15.2. The summed E-state index contributed by atoms with van der Waals surface area (Å²) in [6, 6.07) is 11.3. The molecule has 0 saturated heterocycles. The van der Waals surface area contributed by atoms with Crippen molar-refractivity contribution in [2.75, 3.05) is 11.1 Å². The van der Waals surface area contributed by atoms with Gasteiger partial charge in [-0.1, -0.05) is 29.4 Å². The first-order valence-electron chi connectivity index (χ1n) is 8.46. The van der Waals surface area contributed by atoms with Crippen LogP contribution in [0.5, 0.6) is 0 Å². The summed E-state index contributed by atoms with van der Waals surface area (Å²) in [7, 11) is 0. The third-order valence-electron chi connectivity index (χ3n) is 3.93. The van der Waals surface area contributed by atoms with E-state index in [1.165, 1.54) is 23.9 Å². The van der Waals surface area contributed by atoms with Gasteiger partial charge in [0.25, 0.3) is 0 Å². The minimum Gasteiger partial charge on any atom is -0.325 e. The molecule has 0 atom stereocenters. The molecular formula is C20H18ClFN4OS. The van der Waals surface area contributed by atoms with Gasteiger partial charge in [0.1, 0.15) is 5.82 Å². The molecule has 1 amide bonds. The summed E-state index contributed by atoms with van der Waals surface area (Å²) in [4.78, 5) is 12.3. The number of halogens is 2. The van der Waals surface area contributed by atoms with Crippen molar-refractivity contribution in [2.24, 2.45) is 0 Å². The fraction of sp³-hybridized carbons (Fsp3) is 0.150. The highest BCUT2D eigenvalue weighted by Gasteiger charge is 2.15. The average molecular weight is 417 g/mol. The quantitative estimate of drug-likeness (QED) is 0.436. The van der Waals surface area contributed by atoms with E-state index in [-0.39, 0.29) is 17.5 Å². The maximum atomic E-state index is 13.2. The topological polar surface area (TPSA) is 59.8 Å². The monoisotopic (exact) mass is 416 g/mol. The van der Waals surface area contributed by atoms with Crippen molar-refractivity contribution in [1.82, 2.24) is 14.8 Å². The lowest BCUT2D eigenvalue weighted by Gasteiger charge is -2.09. The SMILES string of the molecule is C=CCn1c(SCC(=O)Nc2ccc(Cl)cc2C)nnc1-c1ccc(F)cc1. The van der Waals surface area contributed by atoms with Gasteiger partial charge in [0, 0.05) is 22.8 Å². The largest absolute Gasteiger partial charge is 0.325 e. The van der Waals surface area contributed by atoms with Crippen molar-refractivity contribution in [3.05, 3.63) is 71.5 Å². The predicted octanol–water partition coefficient (Wildman–Crippen LogP) is 4.96. The van der Waals surface area contributed by atoms with Crippen molar-refractivity contribution < 1.29 is 9.18 Å². The average Bonchev–Trinajstić information content (AvgIpc) is 3.06. The molecule has 5 nitrogen and oxygen atoms in total. The summed E-state index contributed by atoms with van der Waals surface area (Å²) in [5.74, 6) is 0.284. The first-order chi connectivity index (χ1) is 13.5. The van der Waals surface area contributed by atoms with Gasteiger partial charge in [-0.15, -0.1) is 16.8 Å². The Labute approximate surface area is 171 Å². The van der Waals surface area contributed by atoms with Gasteiger partial charge in [-0.25, -0.2) is 4.39 Å². The number of amides is 1. The van der Waals surface area contributed by atoms with Crippen molar-refractivity contribution >= 4 is 35.0 Å². The number of carbonyl (C=O) groups excluding carboxylic acids is 1. The number of nitrogens with one attached hydrogen (secondary N) is 1. The number of anilines is 1. The van der Waals surface area contributed by atoms with E-state index >= 15 is 0 Å². The number of allylic oxidation sites excluding steroid dienone is 1. The molecule has 0 radical (unpaired) electrons. The van der Waals surface area contributed by atoms with Crippen LogP contribution in [0.3, 0.4) is 0 Å². The van der Waals surface area contributed by atoms with Gasteiger partial charge in [-0.3, -0.25) is 9.36 Å². The summed E-state index contributed by atoms with van der Waals surface area (Å²) < 4.78 is 15.0. The molecule has 28 heavy (non-hydrogen) atoms. The third kappa shape index (κ3) is 4.79. The van der Waals surface area contributed by atoms with E-state index < -0.39 is 0 Å². The van der Waals surface area contributed by atoms with Crippen molar-refractivity contribution in [3.63, 3.8) is 0 Å². The second-order valence-electron chi connectivity index (χ2n) is 6.01. The van der Waals surface area contributed by atoms with Crippen LogP contribution in [0, 0.1) is 12.7 Å². The Morgan fingerprint density at radius 2 is 2.04 bits per heavy atom. The van der Waals surface area contributed by atoms with E-state index in [0.717, 1.165) is 16.8 Å². The van der Waals surface area contributed by atoms with Gasteiger partial charge in [-0.2, -0.15) is 0 Å². The molecule has 144 valence electrons. The van der Waals surface area contributed by atoms with E-state index in [1.807, 2.05) is 11.5 Å². The lowest BCUT2D eigenvalue weighted by Crippen LogP contribution is -2.15. The second kappa shape index (κ2) is 9.03. The van der Waals surface area contributed by atoms with Gasteiger partial charge < -0.3 is 5.32 Å². The fourth-order valence-electron chi connectivity index (χ4n) is 2.59. The van der Waals surface area contributed by atoms with Gasteiger partial charge in [-0.05, 0) is 55.0 Å². The van der Waals surface area contributed by atoms with Crippen LogP contribution in [0.4, 0.5) is 10.1 Å². The molecule has 1 heterocycles. The number of thioether (sulfide) groups is 1. The molecule has 0 aliphatic carbocycles. The Morgan fingerprint density at radius 1 is 1.29 bits per heavy atom. The highest BCUT2D eigenvalue weighted by molar-refractivity contribution is 7.99. The zero-order valence-corrected chi connectivity index (χ0v) is 16.7. The van der Waals surface area contributed by atoms with Gasteiger partial charge in [0.2, 0.25) is 5.91 Å². The molecule has 0 fully saturated rings. The Balaban J connectivity index is 1.72. The van der Waals surface area contributed by atoms with Gasteiger partial charge in [0.05, 0.1) is 5.75 Å². The molecule has 0 aliphatic heterocycles. The normalized spacial score (nSPS) is 10.7. The maximum absolute atomic E-state index is 13.2. The van der Waals surface area contributed by atoms with E-state index in [1.54, 1.807) is 36.4 Å². The summed E-state index contributed by atoms with van der Waals surface area (Å²) in [5, 5.41) is 12.4. The number of aromatic nitrogens is 3. The van der Waals surface area contributed by atoms with Crippen LogP contribution in [0.15, 0.2) is 60.3 Å². The van der Waals surface area contributed by atoms with E-state index in [9.17, 15) is 9.18 Å².